The van der Waals surface area contributed by atoms with E-state index in [0.717, 1.165) is 6.42 Å². The van der Waals surface area contributed by atoms with E-state index in [1.54, 1.807) is 0 Å². The molecule has 1 saturated carbocycles. The first kappa shape index (κ1) is 13.1. The third kappa shape index (κ3) is 3.30. The monoisotopic (exact) mass is 253 g/mol. The highest BCUT2D eigenvalue weighted by molar-refractivity contribution is 7.10. The van der Waals surface area contributed by atoms with Gasteiger partial charge in [-0.15, -0.1) is 11.3 Å². The minimum atomic E-state index is 0.462. The topological polar surface area (TPSA) is 21.3 Å². The Bertz CT molecular complexity index is 323. The lowest BCUT2D eigenvalue weighted by Crippen LogP contribution is -2.33. The summed E-state index contributed by atoms with van der Waals surface area (Å²) in [5.74, 6) is 0.634. The summed E-state index contributed by atoms with van der Waals surface area (Å²) in [4.78, 5) is 1.46. The van der Waals surface area contributed by atoms with Crippen LogP contribution in [0.1, 0.15) is 44.0 Å². The quantitative estimate of drug-likeness (QED) is 0.865. The first-order chi connectivity index (χ1) is 8.20. The predicted octanol–water partition coefficient (Wildman–Crippen LogP) is 3.60. The van der Waals surface area contributed by atoms with E-state index in [0.29, 0.717) is 24.1 Å². The molecule has 0 bridgehead atoms. The first-order valence-corrected chi connectivity index (χ1v) is 7.41. The normalized spacial score (nSPS) is 26.6. The minimum Gasteiger partial charge on any atom is -0.381 e. The van der Waals surface area contributed by atoms with Crippen LogP contribution in [-0.4, -0.2) is 19.3 Å². The molecule has 1 aromatic heterocycles. The average molecular weight is 253 g/mol. The van der Waals surface area contributed by atoms with Crippen molar-refractivity contribution >= 4 is 11.3 Å². The molecule has 0 spiro atoms. The second-order valence-electron chi connectivity index (χ2n) is 5.27. The lowest BCUT2D eigenvalue weighted by Gasteiger charge is -2.25. The van der Waals surface area contributed by atoms with Gasteiger partial charge >= 0.3 is 0 Å². The van der Waals surface area contributed by atoms with Gasteiger partial charge in [0.15, 0.2) is 0 Å². The van der Waals surface area contributed by atoms with Gasteiger partial charge in [0.25, 0.3) is 0 Å². The van der Waals surface area contributed by atoms with Gasteiger partial charge in [-0.1, -0.05) is 19.9 Å². The largest absolute Gasteiger partial charge is 0.381 e. The maximum absolute atomic E-state index is 5.44. The molecule has 1 aliphatic carbocycles. The Kier molecular flexibility index (Phi) is 4.60. The minimum absolute atomic E-state index is 0.462. The van der Waals surface area contributed by atoms with Crippen LogP contribution in [0.25, 0.3) is 0 Å². The van der Waals surface area contributed by atoms with Crippen molar-refractivity contribution in [2.24, 2.45) is 5.92 Å². The summed E-state index contributed by atoms with van der Waals surface area (Å²) in [6, 6.07) is 5.50. The van der Waals surface area contributed by atoms with Gasteiger partial charge in [-0.2, -0.15) is 0 Å². The highest BCUT2D eigenvalue weighted by Crippen LogP contribution is 2.30. The molecule has 3 atom stereocenters. The Morgan fingerprint density at radius 1 is 1.41 bits per heavy atom. The zero-order chi connectivity index (χ0) is 12.3. The standard InChI is InChI=1S/C14H23NOS/c1-10(2)14(13-5-4-8-17-13)15-11-6-7-12(9-11)16-3/h4-5,8,10-12,14-15H,6-7,9H2,1-3H3. The molecule has 96 valence electrons. The summed E-state index contributed by atoms with van der Waals surface area (Å²) in [5, 5.41) is 5.98. The lowest BCUT2D eigenvalue weighted by atomic mass is 10.0. The van der Waals surface area contributed by atoms with E-state index in [1.165, 1.54) is 17.7 Å². The Balaban J connectivity index is 1.95. The van der Waals surface area contributed by atoms with E-state index in [2.05, 4.69) is 36.7 Å². The fourth-order valence-corrected chi connectivity index (χ4v) is 3.59. The van der Waals surface area contributed by atoms with E-state index in [9.17, 15) is 0 Å². The molecule has 0 radical (unpaired) electrons. The SMILES string of the molecule is COC1CCC(NC(c2cccs2)C(C)C)C1. The molecule has 3 heteroatoms. The van der Waals surface area contributed by atoms with Crippen molar-refractivity contribution in [2.45, 2.75) is 51.3 Å². The van der Waals surface area contributed by atoms with Gasteiger partial charge in [-0.25, -0.2) is 0 Å². The maximum atomic E-state index is 5.44. The van der Waals surface area contributed by atoms with Crippen LogP contribution < -0.4 is 5.32 Å². The van der Waals surface area contributed by atoms with Gasteiger partial charge < -0.3 is 10.1 Å². The second kappa shape index (κ2) is 5.98. The zero-order valence-electron chi connectivity index (χ0n) is 11.0. The number of hydrogen-bond acceptors (Lipinski definition) is 3. The molecule has 1 N–H and O–H groups in total. The third-order valence-electron chi connectivity index (χ3n) is 3.65. The Hall–Kier alpha value is -0.380. The van der Waals surface area contributed by atoms with Crippen LogP contribution >= 0.6 is 11.3 Å². The molecule has 2 rings (SSSR count). The molecule has 3 unspecified atom stereocenters. The van der Waals surface area contributed by atoms with Crippen molar-refractivity contribution in [1.82, 2.24) is 5.32 Å². The van der Waals surface area contributed by atoms with Crippen molar-refractivity contribution in [1.29, 1.82) is 0 Å². The first-order valence-electron chi connectivity index (χ1n) is 6.53. The Morgan fingerprint density at radius 2 is 2.24 bits per heavy atom. The van der Waals surface area contributed by atoms with Crippen LogP contribution in [0.5, 0.6) is 0 Å². The predicted molar refractivity (Wildman–Crippen MR) is 73.5 cm³/mol. The Labute approximate surface area is 108 Å². The van der Waals surface area contributed by atoms with Crippen molar-refractivity contribution in [3.05, 3.63) is 22.4 Å². The van der Waals surface area contributed by atoms with Gasteiger partial charge in [-0.05, 0) is 36.6 Å². The number of hydrogen-bond donors (Lipinski definition) is 1. The highest BCUT2D eigenvalue weighted by atomic mass is 32.1. The van der Waals surface area contributed by atoms with Crippen LogP contribution in [0.3, 0.4) is 0 Å². The molecule has 0 aromatic carbocycles. The molecular formula is C14H23NOS. The molecule has 1 aromatic rings. The summed E-state index contributed by atoms with van der Waals surface area (Å²) >= 11 is 1.86. The molecule has 1 fully saturated rings. The summed E-state index contributed by atoms with van der Waals surface area (Å²) in [7, 11) is 1.83. The molecule has 0 saturated heterocycles. The summed E-state index contributed by atoms with van der Waals surface area (Å²) < 4.78 is 5.44. The number of thiophene rings is 1. The summed E-state index contributed by atoms with van der Waals surface area (Å²) in [5.41, 5.74) is 0. The number of nitrogens with one attached hydrogen (secondary N) is 1. The van der Waals surface area contributed by atoms with Gasteiger partial charge in [0.2, 0.25) is 0 Å². The van der Waals surface area contributed by atoms with Crippen molar-refractivity contribution < 1.29 is 4.74 Å². The van der Waals surface area contributed by atoms with E-state index in [-0.39, 0.29) is 0 Å². The molecule has 0 aliphatic heterocycles. The highest BCUT2D eigenvalue weighted by Gasteiger charge is 2.28. The van der Waals surface area contributed by atoms with E-state index in [4.69, 9.17) is 4.74 Å². The van der Waals surface area contributed by atoms with Crippen LogP contribution in [0, 0.1) is 5.92 Å². The van der Waals surface area contributed by atoms with Crippen LogP contribution in [0.2, 0.25) is 0 Å². The number of methoxy groups -OCH3 is 1. The molecular weight excluding hydrogens is 230 g/mol. The molecule has 1 aliphatic rings. The van der Waals surface area contributed by atoms with E-state index < -0.39 is 0 Å². The van der Waals surface area contributed by atoms with Crippen molar-refractivity contribution in [3.63, 3.8) is 0 Å². The van der Waals surface area contributed by atoms with Gasteiger partial charge in [0.1, 0.15) is 0 Å². The molecule has 0 amide bonds. The third-order valence-corrected chi connectivity index (χ3v) is 4.60. The van der Waals surface area contributed by atoms with Crippen molar-refractivity contribution in [3.8, 4) is 0 Å². The fourth-order valence-electron chi connectivity index (χ4n) is 2.63. The molecule has 1 heterocycles. The van der Waals surface area contributed by atoms with Crippen LogP contribution in [-0.2, 0) is 4.74 Å². The van der Waals surface area contributed by atoms with E-state index >= 15 is 0 Å². The zero-order valence-corrected chi connectivity index (χ0v) is 11.8. The van der Waals surface area contributed by atoms with Gasteiger partial charge in [0, 0.05) is 24.1 Å². The van der Waals surface area contributed by atoms with E-state index in [1.807, 2.05) is 18.4 Å². The average Bonchev–Trinajstić information content (AvgIpc) is 2.96. The lowest BCUT2D eigenvalue weighted by molar-refractivity contribution is 0.106. The fraction of sp³-hybridized carbons (Fsp3) is 0.714. The summed E-state index contributed by atoms with van der Waals surface area (Å²) in [6.07, 6.45) is 4.06. The summed E-state index contributed by atoms with van der Waals surface area (Å²) in [6.45, 7) is 4.58. The van der Waals surface area contributed by atoms with Gasteiger partial charge in [0.05, 0.1) is 6.10 Å². The van der Waals surface area contributed by atoms with Crippen molar-refractivity contribution in [2.75, 3.05) is 7.11 Å². The maximum Gasteiger partial charge on any atom is 0.0586 e. The number of ether oxygens (including phenoxy) is 1. The molecule has 17 heavy (non-hydrogen) atoms. The van der Waals surface area contributed by atoms with Crippen LogP contribution in [0.15, 0.2) is 17.5 Å². The van der Waals surface area contributed by atoms with Gasteiger partial charge in [-0.3, -0.25) is 0 Å². The second-order valence-corrected chi connectivity index (χ2v) is 6.25. The molecule has 2 nitrogen and oxygen atoms in total. The smallest absolute Gasteiger partial charge is 0.0586 e. The Morgan fingerprint density at radius 3 is 2.76 bits per heavy atom. The number of rotatable bonds is 5. The van der Waals surface area contributed by atoms with Crippen LogP contribution in [0.4, 0.5) is 0 Å².